The van der Waals surface area contributed by atoms with Crippen LogP contribution in [0.2, 0.25) is 0 Å². The van der Waals surface area contributed by atoms with Crippen molar-refractivity contribution in [2.75, 3.05) is 13.2 Å². The van der Waals surface area contributed by atoms with Gasteiger partial charge in [0.2, 0.25) is 11.5 Å². The summed E-state index contributed by atoms with van der Waals surface area (Å²) in [6.07, 6.45) is 1.91. The Labute approximate surface area is 126 Å². The summed E-state index contributed by atoms with van der Waals surface area (Å²) >= 11 is 0. The number of aromatic nitrogens is 1. The van der Waals surface area contributed by atoms with Gasteiger partial charge in [-0.25, -0.2) is 4.79 Å². The molecule has 1 aromatic heterocycles. The highest BCUT2D eigenvalue weighted by atomic mass is 16.6. The minimum absolute atomic E-state index is 0.0233. The fourth-order valence-corrected chi connectivity index (χ4v) is 2.24. The Morgan fingerprint density at radius 1 is 1.27 bits per heavy atom. The van der Waals surface area contributed by atoms with E-state index in [0.717, 1.165) is 10.9 Å². The summed E-state index contributed by atoms with van der Waals surface area (Å²) in [6.45, 7) is 2.21. The van der Waals surface area contributed by atoms with Gasteiger partial charge in [0.25, 0.3) is 0 Å². The molecule has 1 N–H and O–H groups in total. The van der Waals surface area contributed by atoms with Crippen LogP contribution in [0.3, 0.4) is 0 Å². The maximum absolute atomic E-state index is 12.4. The van der Waals surface area contributed by atoms with Crippen LogP contribution in [-0.4, -0.2) is 36.1 Å². The molecule has 6 heteroatoms. The van der Waals surface area contributed by atoms with Crippen molar-refractivity contribution in [2.45, 2.75) is 13.0 Å². The number of rotatable bonds is 4. The molecule has 22 heavy (non-hydrogen) atoms. The van der Waals surface area contributed by atoms with E-state index in [-0.39, 0.29) is 18.1 Å². The second kappa shape index (κ2) is 5.93. The van der Waals surface area contributed by atoms with Crippen molar-refractivity contribution in [2.24, 2.45) is 0 Å². The van der Waals surface area contributed by atoms with Gasteiger partial charge < -0.3 is 19.2 Å². The number of hydrogen-bond donors (Lipinski definition) is 1. The van der Waals surface area contributed by atoms with Crippen molar-refractivity contribution in [3.05, 3.63) is 48.0 Å². The van der Waals surface area contributed by atoms with Gasteiger partial charge in [0.05, 0.1) is 0 Å². The third-order valence-electron chi connectivity index (χ3n) is 3.36. The zero-order valence-corrected chi connectivity index (χ0v) is 12.0. The van der Waals surface area contributed by atoms with Gasteiger partial charge in [-0.1, -0.05) is 18.2 Å². The first-order valence-corrected chi connectivity index (χ1v) is 6.92. The number of fused-ring (bicyclic) bond motifs is 1. The molecule has 0 saturated carbocycles. The van der Waals surface area contributed by atoms with Gasteiger partial charge in [0.15, 0.2) is 6.10 Å². The van der Waals surface area contributed by atoms with Crippen LogP contribution in [0.15, 0.2) is 42.5 Å². The number of ether oxygens (including phenoxy) is 3. The quantitative estimate of drug-likeness (QED) is 0.691. The molecule has 0 spiro atoms. The molecule has 114 valence electrons. The van der Waals surface area contributed by atoms with Gasteiger partial charge in [-0.3, -0.25) is 4.79 Å². The van der Waals surface area contributed by atoms with Crippen LogP contribution >= 0.6 is 0 Å². The topological polar surface area (TPSA) is 77.6 Å². The number of nitrogens with one attached hydrogen (secondary N) is 1. The lowest BCUT2D eigenvalue weighted by molar-refractivity contribution is -0.147. The summed E-state index contributed by atoms with van der Waals surface area (Å²) in [5.41, 5.74) is 1.35. The van der Waals surface area contributed by atoms with E-state index >= 15 is 0 Å². The summed E-state index contributed by atoms with van der Waals surface area (Å²) in [6, 6.07) is 7.44. The Bertz CT molecular complexity index is 746. The molecule has 0 bridgehead atoms. The first-order valence-electron chi connectivity index (χ1n) is 6.92. The second-order valence-electron chi connectivity index (χ2n) is 4.86. The van der Waals surface area contributed by atoms with E-state index in [9.17, 15) is 9.59 Å². The number of aromatic amines is 1. The van der Waals surface area contributed by atoms with E-state index in [0.29, 0.717) is 12.2 Å². The van der Waals surface area contributed by atoms with Gasteiger partial charge in [-0.05, 0) is 13.0 Å². The Morgan fingerprint density at radius 2 is 2.09 bits per heavy atom. The Morgan fingerprint density at radius 3 is 2.86 bits per heavy atom. The number of esters is 1. The van der Waals surface area contributed by atoms with Gasteiger partial charge in [0, 0.05) is 22.7 Å². The van der Waals surface area contributed by atoms with Crippen molar-refractivity contribution in [1.82, 2.24) is 4.98 Å². The number of para-hydroxylation sites is 1. The predicted octanol–water partition coefficient (Wildman–Crippen LogP) is 2.17. The van der Waals surface area contributed by atoms with Crippen molar-refractivity contribution in [3.63, 3.8) is 0 Å². The SMILES string of the molecule is C[C@H](OC(=O)C1=COCCO1)C(=O)c1c[nH]c2ccccc12. The fourth-order valence-electron chi connectivity index (χ4n) is 2.24. The molecule has 0 amide bonds. The molecule has 3 rings (SSSR count). The number of carbonyl (C=O) groups excluding carboxylic acids is 2. The Balaban J connectivity index is 1.74. The van der Waals surface area contributed by atoms with Crippen molar-refractivity contribution >= 4 is 22.7 Å². The van der Waals surface area contributed by atoms with E-state index in [4.69, 9.17) is 14.2 Å². The first kappa shape index (κ1) is 14.2. The van der Waals surface area contributed by atoms with Crippen molar-refractivity contribution < 1.29 is 23.8 Å². The maximum Gasteiger partial charge on any atom is 0.377 e. The highest BCUT2D eigenvalue weighted by Crippen LogP contribution is 2.20. The standard InChI is InChI=1S/C16H15NO5/c1-10(22-16(19)14-9-20-6-7-21-14)15(18)12-8-17-13-5-3-2-4-11(12)13/h2-5,8-10,17H,6-7H2,1H3/t10-/m0/s1. The molecule has 2 heterocycles. The molecule has 0 fully saturated rings. The lowest BCUT2D eigenvalue weighted by Gasteiger charge is -2.16. The van der Waals surface area contributed by atoms with Crippen LogP contribution in [0.4, 0.5) is 0 Å². The van der Waals surface area contributed by atoms with Crippen LogP contribution in [0.5, 0.6) is 0 Å². The average Bonchev–Trinajstić information content (AvgIpc) is 2.99. The molecule has 1 aromatic carbocycles. The molecular weight excluding hydrogens is 286 g/mol. The monoisotopic (exact) mass is 301 g/mol. The minimum Gasteiger partial charge on any atom is -0.493 e. The van der Waals surface area contributed by atoms with E-state index < -0.39 is 12.1 Å². The molecular formula is C16H15NO5. The zero-order valence-electron chi connectivity index (χ0n) is 12.0. The Hall–Kier alpha value is -2.76. The molecule has 6 nitrogen and oxygen atoms in total. The summed E-state index contributed by atoms with van der Waals surface area (Å²) < 4.78 is 15.3. The summed E-state index contributed by atoms with van der Waals surface area (Å²) in [7, 11) is 0. The van der Waals surface area contributed by atoms with Crippen LogP contribution in [0, 0.1) is 0 Å². The molecule has 1 aliphatic rings. The fraction of sp³-hybridized carbons (Fsp3) is 0.250. The smallest absolute Gasteiger partial charge is 0.377 e. The molecule has 0 unspecified atom stereocenters. The third kappa shape index (κ3) is 2.67. The molecule has 1 aliphatic heterocycles. The van der Waals surface area contributed by atoms with Gasteiger partial charge in [0.1, 0.15) is 19.5 Å². The lowest BCUT2D eigenvalue weighted by atomic mass is 10.1. The summed E-state index contributed by atoms with van der Waals surface area (Å²) in [4.78, 5) is 27.4. The average molecular weight is 301 g/mol. The summed E-state index contributed by atoms with van der Waals surface area (Å²) in [5, 5.41) is 0.798. The van der Waals surface area contributed by atoms with Crippen molar-refractivity contribution in [3.8, 4) is 0 Å². The normalized spacial score (nSPS) is 15.4. The number of carbonyl (C=O) groups is 2. The maximum atomic E-state index is 12.4. The third-order valence-corrected chi connectivity index (χ3v) is 3.36. The number of hydrogen-bond acceptors (Lipinski definition) is 5. The van der Waals surface area contributed by atoms with Crippen LogP contribution in [0.1, 0.15) is 17.3 Å². The first-order chi connectivity index (χ1) is 10.7. The van der Waals surface area contributed by atoms with Crippen molar-refractivity contribution in [1.29, 1.82) is 0 Å². The largest absolute Gasteiger partial charge is 0.493 e. The van der Waals surface area contributed by atoms with Gasteiger partial charge in [-0.2, -0.15) is 0 Å². The van der Waals surface area contributed by atoms with E-state index in [1.54, 1.807) is 6.20 Å². The zero-order chi connectivity index (χ0) is 15.5. The molecule has 0 aliphatic carbocycles. The number of benzene rings is 1. The minimum atomic E-state index is -0.918. The molecule has 0 saturated heterocycles. The molecule has 1 atom stereocenters. The Kier molecular flexibility index (Phi) is 3.82. The summed E-state index contributed by atoms with van der Waals surface area (Å²) in [5.74, 6) is -1.01. The second-order valence-corrected chi connectivity index (χ2v) is 4.86. The van der Waals surface area contributed by atoms with Crippen LogP contribution in [0.25, 0.3) is 10.9 Å². The van der Waals surface area contributed by atoms with E-state index in [2.05, 4.69) is 4.98 Å². The number of H-pyrrole nitrogens is 1. The van der Waals surface area contributed by atoms with E-state index in [1.807, 2.05) is 24.3 Å². The highest BCUT2D eigenvalue weighted by Gasteiger charge is 2.25. The van der Waals surface area contributed by atoms with Crippen LogP contribution in [-0.2, 0) is 19.0 Å². The molecule has 0 radical (unpaired) electrons. The lowest BCUT2D eigenvalue weighted by Crippen LogP contribution is -2.27. The van der Waals surface area contributed by atoms with E-state index in [1.165, 1.54) is 13.2 Å². The highest BCUT2D eigenvalue weighted by molar-refractivity contribution is 6.10. The van der Waals surface area contributed by atoms with Crippen LogP contribution < -0.4 is 0 Å². The number of Topliss-reactive ketones (excluding diaryl/α,β-unsaturated/α-hetero) is 1. The number of ketones is 1. The van der Waals surface area contributed by atoms with Gasteiger partial charge in [-0.15, -0.1) is 0 Å². The van der Waals surface area contributed by atoms with Gasteiger partial charge >= 0.3 is 5.97 Å². The molecule has 2 aromatic rings. The predicted molar refractivity (Wildman–Crippen MR) is 78.2 cm³/mol.